The molecule has 0 unspecified atom stereocenters. The molecule has 0 amide bonds. The molecule has 0 bridgehead atoms. The first-order valence-electron chi connectivity index (χ1n) is 7.38. The van der Waals surface area contributed by atoms with Gasteiger partial charge in [-0.05, 0) is 43.5 Å². The smallest absolute Gasteiger partial charge is 0.134 e. The highest BCUT2D eigenvalue weighted by molar-refractivity contribution is 5.48. The van der Waals surface area contributed by atoms with Crippen molar-refractivity contribution in [1.82, 2.24) is 4.90 Å². The summed E-state index contributed by atoms with van der Waals surface area (Å²) in [6.07, 6.45) is 3.89. The minimum Gasteiger partial charge on any atom is -0.495 e. The van der Waals surface area contributed by atoms with Crippen molar-refractivity contribution in [3.8, 4) is 17.6 Å². The highest BCUT2D eigenvalue weighted by atomic mass is 16.5. The number of hydrogen-bond acceptors (Lipinski definition) is 3. The molecule has 1 fully saturated rings. The van der Waals surface area contributed by atoms with E-state index < -0.39 is 0 Å². The van der Waals surface area contributed by atoms with Crippen LogP contribution in [0.2, 0.25) is 0 Å². The zero-order valence-corrected chi connectivity index (χ0v) is 12.5. The minimum absolute atomic E-state index is 0.372. The fraction of sp³-hybridized carbons (Fsp3) is 0.529. The Hall–Kier alpha value is -1.50. The van der Waals surface area contributed by atoms with Crippen LogP contribution in [0.25, 0.3) is 0 Å². The summed E-state index contributed by atoms with van der Waals surface area (Å²) in [6.45, 7) is 4.78. The number of hydrogen-bond donors (Lipinski definition) is 1. The van der Waals surface area contributed by atoms with Crippen molar-refractivity contribution in [2.24, 2.45) is 5.73 Å². The third kappa shape index (κ3) is 4.00. The molecule has 1 aliphatic carbocycles. The normalized spacial score (nSPS) is 14.0. The van der Waals surface area contributed by atoms with E-state index >= 15 is 0 Å². The molecule has 0 aromatic heterocycles. The SMILES string of the molecule is CCCN(Cc1ccc(OC)c(C#CCN)c1)C1CC1. The predicted octanol–water partition coefficient (Wildman–Crippen LogP) is 2.38. The largest absolute Gasteiger partial charge is 0.495 e. The Morgan fingerprint density at radius 1 is 1.40 bits per heavy atom. The molecule has 2 rings (SSSR count). The van der Waals surface area contributed by atoms with Gasteiger partial charge < -0.3 is 10.5 Å². The minimum atomic E-state index is 0.372. The Morgan fingerprint density at radius 3 is 2.80 bits per heavy atom. The van der Waals surface area contributed by atoms with Gasteiger partial charge in [0.1, 0.15) is 5.75 Å². The summed E-state index contributed by atoms with van der Waals surface area (Å²) in [6, 6.07) is 7.06. The molecule has 3 nitrogen and oxygen atoms in total. The molecule has 0 aliphatic heterocycles. The van der Waals surface area contributed by atoms with Gasteiger partial charge in [-0.1, -0.05) is 24.8 Å². The quantitative estimate of drug-likeness (QED) is 0.808. The second-order valence-electron chi connectivity index (χ2n) is 5.24. The highest BCUT2D eigenvalue weighted by Gasteiger charge is 2.28. The second kappa shape index (κ2) is 7.33. The maximum Gasteiger partial charge on any atom is 0.134 e. The van der Waals surface area contributed by atoms with Gasteiger partial charge in [0, 0.05) is 12.6 Å². The molecule has 20 heavy (non-hydrogen) atoms. The number of rotatable bonds is 6. The first kappa shape index (κ1) is 14.9. The fourth-order valence-corrected chi connectivity index (χ4v) is 2.45. The van der Waals surface area contributed by atoms with E-state index in [2.05, 4.69) is 35.8 Å². The van der Waals surface area contributed by atoms with Crippen molar-refractivity contribution >= 4 is 0 Å². The lowest BCUT2D eigenvalue weighted by Gasteiger charge is -2.21. The first-order valence-corrected chi connectivity index (χ1v) is 7.38. The van der Waals surface area contributed by atoms with Crippen LogP contribution >= 0.6 is 0 Å². The molecule has 1 aromatic carbocycles. The lowest BCUT2D eigenvalue weighted by Crippen LogP contribution is -2.26. The van der Waals surface area contributed by atoms with E-state index in [0.717, 1.165) is 23.9 Å². The molecular formula is C17H24N2O. The molecule has 108 valence electrons. The van der Waals surface area contributed by atoms with Crippen LogP contribution in [0.4, 0.5) is 0 Å². The molecule has 1 saturated carbocycles. The monoisotopic (exact) mass is 272 g/mol. The van der Waals surface area contributed by atoms with Gasteiger partial charge in [0.05, 0.1) is 19.2 Å². The van der Waals surface area contributed by atoms with Gasteiger partial charge in [0.15, 0.2) is 0 Å². The van der Waals surface area contributed by atoms with Crippen LogP contribution in [-0.2, 0) is 6.54 Å². The van der Waals surface area contributed by atoms with E-state index in [1.165, 1.54) is 31.4 Å². The molecule has 0 atom stereocenters. The molecule has 3 heteroatoms. The Balaban J connectivity index is 2.14. The van der Waals surface area contributed by atoms with Gasteiger partial charge in [-0.2, -0.15) is 0 Å². The van der Waals surface area contributed by atoms with Gasteiger partial charge >= 0.3 is 0 Å². The average molecular weight is 272 g/mol. The number of nitrogens with zero attached hydrogens (tertiary/aromatic N) is 1. The van der Waals surface area contributed by atoms with Crippen LogP contribution in [0.3, 0.4) is 0 Å². The maximum atomic E-state index is 5.45. The summed E-state index contributed by atoms with van der Waals surface area (Å²) in [5, 5.41) is 0. The highest BCUT2D eigenvalue weighted by Crippen LogP contribution is 2.29. The Labute approximate surface area is 122 Å². The Bertz CT molecular complexity index is 497. The summed E-state index contributed by atoms with van der Waals surface area (Å²) < 4.78 is 5.35. The summed E-state index contributed by atoms with van der Waals surface area (Å²) in [4.78, 5) is 2.57. The van der Waals surface area contributed by atoms with Crippen molar-refractivity contribution in [2.45, 2.75) is 38.8 Å². The molecular weight excluding hydrogens is 248 g/mol. The standard InChI is InChI=1S/C17H24N2O/c1-3-11-19(16-7-8-16)13-14-6-9-17(20-2)15(12-14)5-4-10-18/h6,9,12,16H,3,7-8,10-11,13,18H2,1-2H3. The Kier molecular flexibility index (Phi) is 5.46. The van der Waals surface area contributed by atoms with Gasteiger partial charge in [-0.25, -0.2) is 0 Å². The zero-order chi connectivity index (χ0) is 14.4. The lowest BCUT2D eigenvalue weighted by atomic mass is 10.1. The molecule has 2 N–H and O–H groups in total. The molecule has 0 heterocycles. The second-order valence-corrected chi connectivity index (χ2v) is 5.24. The van der Waals surface area contributed by atoms with E-state index in [9.17, 15) is 0 Å². The summed E-state index contributed by atoms with van der Waals surface area (Å²) >= 11 is 0. The summed E-state index contributed by atoms with van der Waals surface area (Å²) in [5.74, 6) is 6.82. The van der Waals surface area contributed by atoms with Crippen LogP contribution in [0.15, 0.2) is 18.2 Å². The predicted molar refractivity (Wildman–Crippen MR) is 82.6 cm³/mol. The zero-order valence-electron chi connectivity index (χ0n) is 12.5. The molecule has 1 aliphatic rings. The lowest BCUT2D eigenvalue weighted by molar-refractivity contribution is 0.255. The molecule has 0 radical (unpaired) electrons. The maximum absolute atomic E-state index is 5.45. The van der Waals surface area contributed by atoms with Gasteiger partial charge in [0.2, 0.25) is 0 Å². The third-order valence-corrected chi connectivity index (χ3v) is 3.55. The topological polar surface area (TPSA) is 38.5 Å². The van der Waals surface area contributed by atoms with Crippen molar-refractivity contribution < 1.29 is 4.74 Å². The van der Waals surface area contributed by atoms with Gasteiger partial charge in [-0.15, -0.1) is 0 Å². The van der Waals surface area contributed by atoms with Crippen LogP contribution in [-0.4, -0.2) is 31.1 Å². The van der Waals surface area contributed by atoms with Gasteiger partial charge in [0.25, 0.3) is 0 Å². The number of methoxy groups -OCH3 is 1. The summed E-state index contributed by atoms with van der Waals surface area (Å²) in [7, 11) is 1.68. The van der Waals surface area contributed by atoms with Crippen LogP contribution in [0.5, 0.6) is 5.75 Å². The van der Waals surface area contributed by atoms with Crippen LogP contribution in [0.1, 0.15) is 37.3 Å². The number of nitrogens with two attached hydrogens (primary N) is 1. The third-order valence-electron chi connectivity index (χ3n) is 3.55. The molecule has 0 spiro atoms. The van der Waals surface area contributed by atoms with Crippen molar-refractivity contribution in [2.75, 3.05) is 20.2 Å². The van der Waals surface area contributed by atoms with E-state index in [-0.39, 0.29) is 0 Å². The van der Waals surface area contributed by atoms with E-state index in [0.29, 0.717) is 6.54 Å². The number of benzene rings is 1. The van der Waals surface area contributed by atoms with Crippen molar-refractivity contribution in [3.63, 3.8) is 0 Å². The van der Waals surface area contributed by atoms with Crippen LogP contribution < -0.4 is 10.5 Å². The first-order chi connectivity index (χ1) is 9.78. The molecule has 1 aromatic rings. The van der Waals surface area contributed by atoms with Gasteiger partial charge in [-0.3, -0.25) is 4.90 Å². The van der Waals surface area contributed by atoms with E-state index in [1.807, 2.05) is 6.07 Å². The molecule has 0 saturated heterocycles. The van der Waals surface area contributed by atoms with Crippen molar-refractivity contribution in [3.05, 3.63) is 29.3 Å². The van der Waals surface area contributed by atoms with Crippen molar-refractivity contribution in [1.29, 1.82) is 0 Å². The fourth-order valence-electron chi connectivity index (χ4n) is 2.45. The van der Waals surface area contributed by atoms with Crippen LogP contribution in [0, 0.1) is 11.8 Å². The average Bonchev–Trinajstić information content (AvgIpc) is 3.29. The Morgan fingerprint density at radius 2 is 2.20 bits per heavy atom. The summed E-state index contributed by atoms with van der Waals surface area (Å²) in [5.41, 5.74) is 7.68. The number of ether oxygens (including phenoxy) is 1. The van der Waals surface area contributed by atoms with E-state index in [4.69, 9.17) is 10.5 Å². The van der Waals surface area contributed by atoms with E-state index in [1.54, 1.807) is 7.11 Å².